The molecular weight excluding hydrogens is 216 g/mol. The van der Waals surface area contributed by atoms with Gasteiger partial charge in [0.05, 0.1) is 6.10 Å². The van der Waals surface area contributed by atoms with Crippen LogP contribution in [0.15, 0.2) is 28.8 Å². The van der Waals surface area contributed by atoms with Crippen LogP contribution in [0.25, 0.3) is 11.3 Å². The van der Waals surface area contributed by atoms with E-state index in [2.05, 4.69) is 18.1 Å². The summed E-state index contributed by atoms with van der Waals surface area (Å²) in [6.45, 7) is 2.08. The Bertz CT molecular complexity index is 548. The molecule has 0 saturated carbocycles. The number of aryl methyl sites for hydroxylation is 1. The Balaban J connectivity index is 2.11. The van der Waals surface area contributed by atoms with Gasteiger partial charge >= 0.3 is 0 Å². The minimum absolute atomic E-state index is 0.243. The Morgan fingerprint density at radius 2 is 2.29 bits per heavy atom. The average molecular weight is 230 g/mol. The van der Waals surface area contributed by atoms with Gasteiger partial charge < -0.3 is 15.0 Å². The topological polar surface area (TPSA) is 61.3 Å². The summed E-state index contributed by atoms with van der Waals surface area (Å²) < 4.78 is 10.8. The van der Waals surface area contributed by atoms with E-state index in [1.807, 2.05) is 12.1 Å². The van der Waals surface area contributed by atoms with E-state index in [4.69, 9.17) is 15.0 Å². The summed E-state index contributed by atoms with van der Waals surface area (Å²) in [5.41, 5.74) is 8.46. The lowest BCUT2D eigenvalue weighted by atomic mass is 9.98. The van der Waals surface area contributed by atoms with Crippen LogP contribution in [-0.4, -0.2) is 11.3 Å². The van der Waals surface area contributed by atoms with Crippen LogP contribution < -0.4 is 10.5 Å². The average Bonchev–Trinajstić information content (AvgIpc) is 2.75. The van der Waals surface area contributed by atoms with Crippen molar-refractivity contribution in [1.29, 1.82) is 0 Å². The second kappa shape index (κ2) is 3.80. The zero-order valence-corrected chi connectivity index (χ0v) is 9.64. The molecule has 2 N–H and O–H groups in total. The van der Waals surface area contributed by atoms with Gasteiger partial charge in [0.2, 0.25) is 5.88 Å². The first-order valence-electron chi connectivity index (χ1n) is 5.75. The maximum Gasteiger partial charge on any atom is 0.222 e. The number of hydrogen-bond donors (Lipinski definition) is 1. The van der Waals surface area contributed by atoms with Crippen molar-refractivity contribution in [3.05, 3.63) is 29.8 Å². The number of nitrogens with two attached hydrogens (primary N) is 1. The number of nitrogens with zero attached hydrogens (tertiary/aromatic N) is 1. The van der Waals surface area contributed by atoms with Crippen molar-refractivity contribution < 1.29 is 9.26 Å². The summed E-state index contributed by atoms with van der Waals surface area (Å²) in [4.78, 5) is 0. The van der Waals surface area contributed by atoms with Crippen LogP contribution in [0.5, 0.6) is 5.75 Å². The number of rotatable bonds is 1. The van der Waals surface area contributed by atoms with Gasteiger partial charge in [-0.1, -0.05) is 17.3 Å². The molecule has 0 fully saturated rings. The lowest BCUT2D eigenvalue weighted by Crippen LogP contribution is -2.19. The van der Waals surface area contributed by atoms with Gasteiger partial charge in [-0.2, -0.15) is 0 Å². The Kier molecular flexibility index (Phi) is 2.28. The number of para-hydroxylation sites is 1. The van der Waals surface area contributed by atoms with E-state index in [0.717, 1.165) is 29.8 Å². The van der Waals surface area contributed by atoms with Crippen molar-refractivity contribution >= 4 is 5.88 Å². The molecule has 1 unspecified atom stereocenters. The normalized spacial score (nSPS) is 18.5. The summed E-state index contributed by atoms with van der Waals surface area (Å²) >= 11 is 0. The van der Waals surface area contributed by atoms with Crippen molar-refractivity contribution in [2.24, 2.45) is 0 Å². The molecule has 3 rings (SSSR count). The van der Waals surface area contributed by atoms with E-state index >= 15 is 0 Å². The molecule has 4 heteroatoms. The minimum Gasteiger partial charge on any atom is -0.490 e. The number of fused-ring (bicyclic) bond motifs is 1. The highest BCUT2D eigenvalue weighted by Crippen LogP contribution is 2.37. The number of benzene rings is 1. The van der Waals surface area contributed by atoms with E-state index in [-0.39, 0.29) is 6.10 Å². The van der Waals surface area contributed by atoms with Crippen molar-refractivity contribution in [1.82, 2.24) is 5.16 Å². The molecule has 1 aliphatic heterocycles. The number of ether oxygens (including phenoxy) is 1. The predicted molar refractivity (Wildman–Crippen MR) is 64.8 cm³/mol. The molecule has 0 aliphatic carbocycles. The van der Waals surface area contributed by atoms with E-state index in [1.54, 1.807) is 6.07 Å². The number of nitrogen functional groups attached to an aromatic ring is 1. The van der Waals surface area contributed by atoms with Gasteiger partial charge in [-0.05, 0) is 31.4 Å². The fraction of sp³-hybridized carbons (Fsp3) is 0.308. The monoisotopic (exact) mass is 230 g/mol. The van der Waals surface area contributed by atoms with E-state index in [1.165, 1.54) is 5.56 Å². The van der Waals surface area contributed by atoms with Crippen molar-refractivity contribution in [3.63, 3.8) is 0 Å². The summed E-state index contributed by atoms with van der Waals surface area (Å²) in [5.74, 6) is 1.24. The van der Waals surface area contributed by atoms with Crippen molar-refractivity contribution in [2.75, 3.05) is 5.73 Å². The molecule has 1 aromatic heterocycles. The Morgan fingerprint density at radius 1 is 1.41 bits per heavy atom. The zero-order valence-electron chi connectivity index (χ0n) is 9.64. The van der Waals surface area contributed by atoms with E-state index in [9.17, 15) is 0 Å². The molecule has 0 spiro atoms. The maximum atomic E-state index is 5.90. The highest BCUT2D eigenvalue weighted by Gasteiger charge is 2.21. The third-order valence-electron chi connectivity index (χ3n) is 3.04. The first-order valence-corrected chi connectivity index (χ1v) is 5.75. The third kappa shape index (κ3) is 1.75. The van der Waals surface area contributed by atoms with Gasteiger partial charge in [-0.15, -0.1) is 0 Å². The second-order valence-electron chi connectivity index (χ2n) is 4.38. The molecule has 0 saturated heterocycles. The predicted octanol–water partition coefficient (Wildman–Crippen LogP) is 2.64. The van der Waals surface area contributed by atoms with Crippen LogP contribution in [-0.2, 0) is 6.42 Å². The van der Waals surface area contributed by atoms with E-state index < -0.39 is 0 Å². The molecule has 1 atom stereocenters. The number of aromatic nitrogens is 1. The highest BCUT2D eigenvalue weighted by molar-refractivity contribution is 5.70. The lowest BCUT2D eigenvalue weighted by Gasteiger charge is -2.24. The van der Waals surface area contributed by atoms with Gasteiger partial charge in [0.25, 0.3) is 0 Å². The van der Waals surface area contributed by atoms with Crippen LogP contribution in [0.3, 0.4) is 0 Å². The largest absolute Gasteiger partial charge is 0.490 e. The van der Waals surface area contributed by atoms with Gasteiger partial charge in [0.15, 0.2) is 0 Å². The molecule has 1 aliphatic rings. The SMILES string of the molecule is CC1CCc2cccc(-c3cc(N)on3)c2O1. The van der Waals surface area contributed by atoms with Crippen LogP contribution >= 0.6 is 0 Å². The molecule has 88 valence electrons. The standard InChI is InChI=1S/C13H14N2O2/c1-8-5-6-9-3-2-4-10(13(9)16-8)11-7-12(14)17-15-11/h2-4,7-8H,5-6,14H2,1H3. The smallest absolute Gasteiger partial charge is 0.222 e. The Hall–Kier alpha value is -1.97. The number of hydrogen-bond acceptors (Lipinski definition) is 4. The highest BCUT2D eigenvalue weighted by atomic mass is 16.5. The van der Waals surface area contributed by atoms with Crippen LogP contribution in [0.1, 0.15) is 18.9 Å². The molecular formula is C13H14N2O2. The summed E-state index contributed by atoms with van der Waals surface area (Å²) in [7, 11) is 0. The van der Waals surface area contributed by atoms with Gasteiger partial charge in [0, 0.05) is 11.6 Å². The molecule has 2 heterocycles. The molecule has 1 aromatic carbocycles. The first-order chi connectivity index (χ1) is 8.24. The molecule has 0 radical (unpaired) electrons. The van der Waals surface area contributed by atoms with Crippen LogP contribution in [0, 0.1) is 0 Å². The quantitative estimate of drug-likeness (QED) is 0.818. The van der Waals surface area contributed by atoms with Crippen molar-refractivity contribution in [3.8, 4) is 17.0 Å². The van der Waals surface area contributed by atoms with Gasteiger partial charge in [-0.25, -0.2) is 0 Å². The second-order valence-corrected chi connectivity index (χ2v) is 4.38. The molecule has 17 heavy (non-hydrogen) atoms. The Labute approximate surface area is 99.4 Å². The third-order valence-corrected chi connectivity index (χ3v) is 3.04. The van der Waals surface area contributed by atoms with E-state index in [0.29, 0.717) is 5.88 Å². The summed E-state index contributed by atoms with van der Waals surface area (Å²) in [6.07, 6.45) is 2.34. The summed E-state index contributed by atoms with van der Waals surface area (Å²) in [6, 6.07) is 7.80. The Morgan fingerprint density at radius 3 is 3.06 bits per heavy atom. The minimum atomic E-state index is 0.243. The maximum absolute atomic E-state index is 5.90. The lowest BCUT2D eigenvalue weighted by molar-refractivity contribution is 0.193. The number of anilines is 1. The zero-order chi connectivity index (χ0) is 11.8. The molecule has 4 nitrogen and oxygen atoms in total. The fourth-order valence-electron chi connectivity index (χ4n) is 2.16. The summed E-state index contributed by atoms with van der Waals surface area (Å²) in [5, 5.41) is 3.94. The molecule has 0 amide bonds. The van der Waals surface area contributed by atoms with Gasteiger partial charge in [0.1, 0.15) is 11.4 Å². The fourth-order valence-corrected chi connectivity index (χ4v) is 2.16. The first kappa shape index (κ1) is 10.2. The van der Waals surface area contributed by atoms with Crippen LogP contribution in [0.4, 0.5) is 5.88 Å². The molecule has 0 bridgehead atoms. The van der Waals surface area contributed by atoms with Crippen LogP contribution in [0.2, 0.25) is 0 Å². The van der Waals surface area contributed by atoms with Gasteiger partial charge in [-0.3, -0.25) is 0 Å². The van der Waals surface area contributed by atoms with Crippen molar-refractivity contribution in [2.45, 2.75) is 25.9 Å². The molecule has 2 aromatic rings.